The highest BCUT2D eigenvalue weighted by Crippen LogP contribution is 2.28. The number of hydrogen-bond donors (Lipinski definition) is 1. The van der Waals surface area contributed by atoms with Gasteiger partial charge in [0.15, 0.2) is 10.9 Å². The molecule has 2 aromatic heterocycles. The van der Waals surface area contributed by atoms with Gasteiger partial charge in [0, 0.05) is 42.3 Å². The number of rotatable bonds is 6. The van der Waals surface area contributed by atoms with Crippen LogP contribution in [0.1, 0.15) is 37.4 Å². The lowest BCUT2D eigenvalue weighted by atomic mass is 9.90. The Kier molecular flexibility index (Phi) is 5.75. The summed E-state index contributed by atoms with van der Waals surface area (Å²) in [6.45, 7) is 9.96. The standard InChI is InChI=1S/C18H24FN5S/c1-12(2)23-18-22-9-16(25-18)11-24-10-14(5-4-13(24)3)6-17-20-7-15(19)8-21-17/h7-9,13-14H,1,4-6,10-11H2,2-3H3,(H,22,23). The molecule has 0 saturated carbocycles. The molecule has 1 saturated heterocycles. The maximum atomic E-state index is 13.0. The van der Waals surface area contributed by atoms with Gasteiger partial charge in [0.2, 0.25) is 0 Å². The third-order valence-electron chi connectivity index (χ3n) is 4.49. The summed E-state index contributed by atoms with van der Waals surface area (Å²) in [5.41, 5.74) is 0.895. The Morgan fingerprint density at radius 2 is 2.08 bits per heavy atom. The first-order chi connectivity index (χ1) is 12.0. The van der Waals surface area contributed by atoms with E-state index in [-0.39, 0.29) is 5.82 Å². The van der Waals surface area contributed by atoms with Crippen LogP contribution >= 0.6 is 11.3 Å². The van der Waals surface area contributed by atoms with Gasteiger partial charge in [-0.15, -0.1) is 11.3 Å². The van der Waals surface area contributed by atoms with E-state index >= 15 is 0 Å². The summed E-state index contributed by atoms with van der Waals surface area (Å²) in [4.78, 5) is 16.4. The number of anilines is 1. The van der Waals surface area contributed by atoms with Crippen molar-refractivity contribution in [1.29, 1.82) is 0 Å². The minimum absolute atomic E-state index is 0.382. The Balaban J connectivity index is 1.59. The number of aromatic nitrogens is 3. The second-order valence-electron chi connectivity index (χ2n) is 6.78. The van der Waals surface area contributed by atoms with E-state index < -0.39 is 0 Å². The van der Waals surface area contributed by atoms with Crippen LogP contribution in [0.3, 0.4) is 0 Å². The van der Waals surface area contributed by atoms with Crippen molar-refractivity contribution in [2.75, 3.05) is 11.9 Å². The topological polar surface area (TPSA) is 53.9 Å². The van der Waals surface area contributed by atoms with Crippen LogP contribution in [0.4, 0.5) is 9.52 Å². The number of hydrogen-bond acceptors (Lipinski definition) is 6. The van der Waals surface area contributed by atoms with Crippen molar-refractivity contribution < 1.29 is 4.39 Å². The summed E-state index contributed by atoms with van der Waals surface area (Å²) >= 11 is 1.67. The molecule has 0 amide bonds. The summed E-state index contributed by atoms with van der Waals surface area (Å²) in [6.07, 6.45) is 7.55. The third kappa shape index (κ3) is 5.06. The molecule has 7 heteroatoms. The largest absolute Gasteiger partial charge is 0.336 e. The van der Waals surface area contributed by atoms with Crippen molar-refractivity contribution in [2.45, 2.75) is 45.7 Å². The maximum Gasteiger partial charge on any atom is 0.187 e. The number of piperidine rings is 1. The van der Waals surface area contributed by atoms with Gasteiger partial charge in [-0.3, -0.25) is 4.90 Å². The lowest BCUT2D eigenvalue weighted by molar-refractivity contribution is 0.110. The minimum atomic E-state index is -0.382. The quantitative estimate of drug-likeness (QED) is 0.847. The fourth-order valence-electron chi connectivity index (χ4n) is 3.17. The average Bonchev–Trinajstić information content (AvgIpc) is 2.99. The molecule has 3 heterocycles. The second-order valence-corrected chi connectivity index (χ2v) is 7.90. The van der Waals surface area contributed by atoms with Crippen LogP contribution < -0.4 is 5.32 Å². The maximum absolute atomic E-state index is 13.0. The molecule has 3 rings (SSSR count). The highest BCUT2D eigenvalue weighted by Gasteiger charge is 2.26. The van der Waals surface area contributed by atoms with Crippen molar-refractivity contribution in [3.63, 3.8) is 0 Å². The molecule has 1 aliphatic rings. The molecule has 2 atom stereocenters. The molecule has 25 heavy (non-hydrogen) atoms. The predicted octanol–water partition coefficient (Wildman–Crippen LogP) is 3.86. The molecule has 5 nitrogen and oxygen atoms in total. The van der Waals surface area contributed by atoms with Gasteiger partial charge in [0.05, 0.1) is 12.4 Å². The smallest absolute Gasteiger partial charge is 0.187 e. The van der Waals surface area contributed by atoms with Crippen LogP contribution in [0.2, 0.25) is 0 Å². The third-order valence-corrected chi connectivity index (χ3v) is 5.38. The zero-order chi connectivity index (χ0) is 17.8. The van der Waals surface area contributed by atoms with Crippen molar-refractivity contribution in [3.05, 3.63) is 47.4 Å². The van der Waals surface area contributed by atoms with E-state index in [0.29, 0.717) is 12.0 Å². The minimum Gasteiger partial charge on any atom is -0.336 e. The summed E-state index contributed by atoms with van der Waals surface area (Å²) in [6, 6.07) is 0.546. The summed E-state index contributed by atoms with van der Waals surface area (Å²) in [7, 11) is 0. The van der Waals surface area contributed by atoms with Crippen LogP contribution in [0.5, 0.6) is 0 Å². The van der Waals surface area contributed by atoms with Gasteiger partial charge in [-0.25, -0.2) is 19.3 Å². The Morgan fingerprint density at radius 1 is 1.32 bits per heavy atom. The zero-order valence-electron chi connectivity index (χ0n) is 14.7. The first-order valence-corrected chi connectivity index (χ1v) is 9.39. The monoisotopic (exact) mass is 361 g/mol. The molecule has 2 aromatic rings. The number of halogens is 1. The van der Waals surface area contributed by atoms with Gasteiger partial charge in [0.25, 0.3) is 0 Å². The SMILES string of the molecule is C=C(C)Nc1ncc(CN2CC(Cc3ncc(F)cn3)CCC2C)s1. The van der Waals surface area contributed by atoms with Crippen molar-refractivity contribution in [1.82, 2.24) is 19.9 Å². The molecular formula is C18H24FN5S. The molecule has 0 radical (unpaired) electrons. The summed E-state index contributed by atoms with van der Waals surface area (Å²) in [5.74, 6) is 0.848. The molecule has 0 aromatic carbocycles. The lowest BCUT2D eigenvalue weighted by Crippen LogP contribution is -2.41. The molecule has 2 unspecified atom stereocenters. The Labute approximate surface area is 152 Å². The van der Waals surface area contributed by atoms with Gasteiger partial charge >= 0.3 is 0 Å². The molecule has 1 N–H and O–H groups in total. The van der Waals surface area contributed by atoms with Crippen molar-refractivity contribution in [3.8, 4) is 0 Å². The summed E-state index contributed by atoms with van der Waals surface area (Å²) in [5, 5.41) is 4.06. The normalized spacial score (nSPS) is 21.2. The highest BCUT2D eigenvalue weighted by atomic mass is 32.1. The number of likely N-dealkylation sites (tertiary alicyclic amines) is 1. The van der Waals surface area contributed by atoms with E-state index in [2.05, 4.69) is 38.7 Å². The molecule has 134 valence electrons. The van der Waals surface area contributed by atoms with Gasteiger partial charge in [0.1, 0.15) is 5.82 Å². The van der Waals surface area contributed by atoms with Crippen LogP contribution in [-0.2, 0) is 13.0 Å². The van der Waals surface area contributed by atoms with Crippen LogP contribution in [-0.4, -0.2) is 32.4 Å². The number of nitrogens with zero attached hydrogens (tertiary/aromatic N) is 4. The van der Waals surface area contributed by atoms with Crippen LogP contribution in [0.25, 0.3) is 0 Å². The fourth-order valence-corrected chi connectivity index (χ4v) is 4.09. The van der Waals surface area contributed by atoms with E-state index in [1.54, 1.807) is 11.3 Å². The van der Waals surface area contributed by atoms with Gasteiger partial charge < -0.3 is 5.32 Å². The number of nitrogens with one attached hydrogen (secondary N) is 1. The fraction of sp³-hybridized carbons (Fsp3) is 0.500. The van der Waals surface area contributed by atoms with Gasteiger partial charge in [-0.05, 0) is 32.6 Å². The van der Waals surface area contributed by atoms with Gasteiger partial charge in [-0.2, -0.15) is 0 Å². The predicted molar refractivity (Wildman–Crippen MR) is 98.8 cm³/mol. The molecule has 0 spiro atoms. The van der Waals surface area contributed by atoms with Crippen molar-refractivity contribution >= 4 is 16.5 Å². The van der Waals surface area contributed by atoms with Crippen molar-refractivity contribution in [2.24, 2.45) is 5.92 Å². The first kappa shape index (κ1) is 17.9. The van der Waals surface area contributed by atoms with E-state index in [0.717, 1.165) is 49.0 Å². The zero-order valence-corrected chi connectivity index (χ0v) is 15.5. The van der Waals surface area contributed by atoms with Gasteiger partial charge in [-0.1, -0.05) is 6.58 Å². The Hall–Kier alpha value is -1.86. The van der Waals surface area contributed by atoms with E-state index in [4.69, 9.17) is 0 Å². The Morgan fingerprint density at radius 3 is 2.80 bits per heavy atom. The number of allylic oxidation sites excluding steroid dienone is 1. The molecule has 1 aliphatic heterocycles. The van der Waals surface area contributed by atoms with E-state index in [1.165, 1.54) is 17.3 Å². The second kappa shape index (κ2) is 8.01. The lowest BCUT2D eigenvalue weighted by Gasteiger charge is -2.37. The van der Waals surface area contributed by atoms with E-state index in [9.17, 15) is 4.39 Å². The number of thiazole rings is 1. The molecular weight excluding hydrogens is 337 g/mol. The first-order valence-electron chi connectivity index (χ1n) is 8.57. The molecule has 0 bridgehead atoms. The average molecular weight is 361 g/mol. The van der Waals surface area contributed by atoms with Crippen LogP contribution in [0.15, 0.2) is 30.9 Å². The van der Waals surface area contributed by atoms with E-state index in [1.807, 2.05) is 13.1 Å². The molecule has 0 aliphatic carbocycles. The summed E-state index contributed by atoms with van der Waals surface area (Å²) < 4.78 is 13.0. The highest BCUT2D eigenvalue weighted by molar-refractivity contribution is 7.15. The van der Waals surface area contributed by atoms with Crippen LogP contribution in [0, 0.1) is 11.7 Å². The Bertz CT molecular complexity index is 715. The molecule has 1 fully saturated rings.